The number of rotatable bonds is 5. The topological polar surface area (TPSA) is 38.3 Å². The Kier molecular flexibility index (Phi) is 4.93. The molecule has 2 atom stereocenters. The van der Waals surface area contributed by atoms with E-state index in [0.29, 0.717) is 5.75 Å². The molecule has 0 aliphatic carbocycles. The van der Waals surface area contributed by atoms with Crippen molar-refractivity contribution >= 4 is 5.91 Å². The quantitative estimate of drug-likeness (QED) is 0.914. The lowest BCUT2D eigenvalue weighted by Gasteiger charge is -2.19. The maximum absolute atomic E-state index is 12.9. The van der Waals surface area contributed by atoms with Crippen LogP contribution >= 0.6 is 0 Å². The Balaban J connectivity index is 1.92. The molecule has 0 aliphatic rings. The zero-order chi connectivity index (χ0) is 15.2. The van der Waals surface area contributed by atoms with Gasteiger partial charge in [0.1, 0.15) is 11.6 Å². The molecular formula is C17H18FNO2. The van der Waals surface area contributed by atoms with Gasteiger partial charge in [-0.3, -0.25) is 4.79 Å². The number of para-hydroxylation sites is 1. The minimum Gasteiger partial charge on any atom is -0.481 e. The zero-order valence-electron chi connectivity index (χ0n) is 12.0. The summed E-state index contributed by atoms with van der Waals surface area (Å²) in [6.07, 6.45) is -0.602. The van der Waals surface area contributed by atoms with Gasteiger partial charge in [0.15, 0.2) is 6.10 Å². The highest BCUT2D eigenvalue weighted by atomic mass is 19.1. The van der Waals surface area contributed by atoms with Crippen LogP contribution in [0.1, 0.15) is 25.5 Å². The van der Waals surface area contributed by atoms with Crippen molar-refractivity contribution in [1.29, 1.82) is 0 Å². The van der Waals surface area contributed by atoms with Crippen molar-refractivity contribution in [3.8, 4) is 5.75 Å². The van der Waals surface area contributed by atoms with Crippen LogP contribution in [-0.2, 0) is 4.79 Å². The maximum Gasteiger partial charge on any atom is 0.261 e. The van der Waals surface area contributed by atoms with E-state index in [2.05, 4.69) is 5.32 Å². The molecule has 110 valence electrons. The van der Waals surface area contributed by atoms with Crippen molar-refractivity contribution in [2.45, 2.75) is 26.0 Å². The van der Waals surface area contributed by atoms with E-state index >= 15 is 0 Å². The van der Waals surface area contributed by atoms with E-state index in [1.165, 1.54) is 12.1 Å². The standard InChI is InChI=1S/C17H18FNO2/c1-12(14-8-10-15(18)11-9-14)19-17(20)13(2)21-16-6-4-3-5-7-16/h3-13H,1-2H3,(H,19,20)/t12-,13-/m0/s1. The fourth-order valence-electron chi connectivity index (χ4n) is 1.92. The largest absolute Gasteiger partial charge is 0.481 e. The fourth-order valence-corrected chi connectivity index (χ4v) is 1.92. The van der Waals surface area contributed by atoms with Crippen LogP contribution in [-0.4, -0.2) is 12.0 Å². The van der Waals surface area contributed by atoms with Crippen molar-refractivity contribution in [2.24, 2.45) is 0 Å². The SMILES string of the molecule is C[C@H](Oc1ccccc1)C(=O)N[C@@H](C)c1ccc(F)cc1. The predicted octanol–water partition coefficient (Wildman–Crippen LogP) is 3.47. The van der Waals surface area contributed by atoms with Gasteiger partial charge in [0, 0.05) is 0 Å². The Labute approximate surface area is 123 Å². The van der Waals surface area contributed by atoms with Gasteiger partial charge in [0.2, 0.25) is 0 Å². The first-order chi connectivity index (χ1) is 10.1. The molecule has 0 fully saturated rings. The molecule has 0 aliphatic heterocycles. The third-order valence-electron chi connectivity index (χ3n) is 3.15. The summed E-state index contributed by atoms with van der Waals surface area (Å²) in [7, 11) is 0. The molecule has 2 aromatic rings. The molecule has 0 spiro atoms. The molecule has 2 rings (SSSR count). The van der Waals surface area contributed by atoms with Gasteiger partial charge in [0.05, 0.1) is 6.04 Å². The smallest absolute Gasteiger partial charge is 0.261 e. The summed E-state index contributed by atoms with van der Waals surface area (Å²) in [4.78, 5) is 12.1. The number of nitrogens with one attached hydrogen (secondary N) is 1. The van der Waals surface area contributed by atoms with Crippen molar-refractivity contribution in [1.82, 2.24) is 5.32 Å². The van der Waals surface area contributed by atoms with Crippen LogP contribution in [0, 0.1) is 5.82 Å². The minimum atomic E-state index is -0.602. The lowest BCUT2D eigenvalue weighted by atomic mass is 10.1. The molecule has 0 unspecified atom stereocenters. The molecule has 21 heavy (non-hydrogen) atoms. The minimum absolute atomic E-state index is 0.208. The Morgan fingerprint density at radius 1 is 1.05 bits per heavy atom. The van der Waals surface area contributed by atoms with Crippen LogP contribution in [0.4, 0.5) is 4.39 Å². The van der Waals surface area contributed by atoms with Crippen LogP contribution in [0.2, 0.25) is 0 Å². The summed E-state index contributed by atoms with van der Waals surface area (Å²) >= 11 is 0. The molecule has 4 heteroatoms. The summed E-state index contributed by atoms with van der Waals surface area (Å²) in [5.74, 6) is 0.142. The lowest BCUT2D eigenvalue weighted by Crippen LogP contribution is -2.37. The Bertz CT molecular complexity index is 583. The van der Waals surface area contributed by atoms with E-state index in [0.717, 1.165) is 5.56 Å². The average molecular weight is 287 g/mol. The molecular weight excluding hydrogens is 269 g/mol. The first-order valence-corrected chi connectivity index (χ1v) is 6.84. The molecule has 0 heterocycles. The van der Waals surface area contributed by atoms with Gasteiger partial charge < -0.3 is 10.1 Å². The molecule has 0 bridgehead atoms. The molecule has 3 nitrogen and oxygen atoms in total. The van der Waals surface area contributed by atoms with Gasteiger partial charge in [0.25, 0.3) is 5.91 Å². The monoisotopic (exact) mass is 287 g/mol. The number of amides is 1. The highest BCUT2D eigenvalue weighted by Gasteiger charge is 2.17. The number of hydrogen-bond acceptors (Lipinski definition) is 2. The summed E-state index contributed by atoms with van der Waals surface area (Å²) in [5, 5.41) is 2.85. The van der Waals surface area contributed by atoms with Crippen molar-refractivity contribution in [2.75, 3.05) is 0 Å². The molecule has 1 amide bonds. The van der Waals surface area contributed by atoms with E-state index in [9.17, 15) is 9.18 Å². The number of hydrogen-bond donors (Lipinski definition) is 1. The van der Waals surface area contributed by atoms with E-state index in [1.54, 1.807) is 31.2 Å². The van der Waals surface area contributed by atoms with Gasteiger partial charge in [-0.2, -0.15) is 0 Å². The van der Waals surface area contributed by atoms with Crippen molar-refractivity contribution < 1.29 is 13.9 Å². The molecule has 0 aromatic heterocycles. The lowest BCUT2D eigenvalue weighted by molar-refractivity contribution is -0.127. The highest BCUT2D eigenvalue weighted by Crippen LogP contribution is 2.14. The van der Waals surface area contributed by atoms with E-state index < -0.39 is 6.10 Å². The second-order valence-electron chi connectivity index (χ2n) is 4.85. The second kappa shape index (κ2) is 6.88. The Hall–Kier alpha value is -2.36. The van der Waals surface area contributed by atoms with Crippen molar-refractivity contribution in [3.63, 3.8) is 0 Å². The fraction of sp³-hybridized carbons (Fsp3) is 0.235. The van der Waals surface area contributed by atoms with E-state index in [4.69, 9.17) is 4.74 Å². The number of carbonyl (C=O) groups excluding carboxylic acids is 1. The Morgan fingerprint density at radius 2 is 1.67 bits per heavy atom. The predicted molar refractivity (Wildman–Crippen MR) is 79.5 cm³/mol. The summed E-state index contributed by atoms with van der Waals surface area (Å²) in [6, 6.07) is 15.0. The third-order valence-corrected chi connectivity index (χ3v) is 3.15. The average Bonchev–Trinajstić information content (AvgIpc) is 2.48. The maximum atomic E-state index is 12.9. The van der Waals surface area contributed by atoms with Gasteiger partial charge in [-0.05, 0) is 43.7 Å². The number of carbonyl (C=O) groups is 1. The zero-order valence-corrected chi connectivity index (χ0v) is 12.0. The second-order valence-corrected chi connectivity index (χ2v) is 4.85. The van der Waals surface area contributed by atoms with Gasteiger partial charge >= 0.3 is 0 Å². The van der Waals surface area contributed by atoms with Crippen molar-refractivity contribution in [3.05, 3.63) is 66.0 Å². The van der Waals surface area contributed by atoms with Crippen LogP contribution < -0.4 is 10.1 Å². The molecule has 0 saturated heterocycles. The van der Waals surface area contributed by atoms with E-state index in [1.807, 2.05) is 25.1 Å². The first-order valence-electron chi connectivity index (χ1n) is 6.84. The van der Waals surface area contributed by atoms with E-state index in [-0.39, 0.29) is 17.8 Å². The Morgan fingerprint density at radius 3 is 2.29 bits per heavy atom. The molecule has 0 radical (unpaired) electrons. The van der Waals surface area contributed by atoms with Crippen LogP contribution in [0.25, 0.3) is 0 Å². The summed E-state index contributed by atoms with van der Waals surface area (Å²) in [6.45, 7) is 3.54. The number of benzene rings is 2. The van der Waals surface area contributed by atoms with Crippen LogP contribution in [0.5, 0.6) is 5.75 Å². The number of ether oxygens (including phenoxy) is 1. The normalized spacial score (nSPS) is 13.3. The third kappa shape index (κ3) is 4.31. The molecule has 2 aromatic carbocycles. The highest BCUT2D eigenvalue weighted by molar-refractivity contribution is 5.81. The van der Waals surface area contributed by atoms with Crippen LogP contribution in [0.15, 0.2) is 54.6 Å². The van der Waals surface area contributed by atoms with Gasteiger partial charge in [-0.1, -0.05) is 30.3 Å². The summed E-state index contributed by atoms with van der Waals surface area (Å²) < 4.78 is 18.4. The molecule has 0 saturated carbocycles. The van der Waals surface area contributed by atoms with Gasteiger partial charge in [-0.15, -0.1) is 0 Å². The van der Waals surface area contributed by atoms with Gasteiger partial charge in [-0.25, -0.2) is 4.39 Å². The first kappa shape index (κ1) is 15.0. The molecule has 1 N–H and O–H groups in total. The van der Waals surface area contributed by atoms with Crippen LogP contribution in [0.3, 0.4) is 0 Å². The number of halogens is 1. The summed E-state index contributed by atoms with van der Waals surface area (Å²) in [5.41, 5.74) is 0.844.